The van der Waals surface area contributed by atoms with E-state index in [1.807, 2.05) is 37.3 Å². The van der Waals surface area contributed by atoms with Crippen LogP contribution in [-0.4, -0.2) is 5.97 Å². The Hall–Kier alpha value is -1.31. The molecule has 0 heterocycles. The third-order valence-corrected chi connectivity index (χ3v) is 5.35. The summed E-state index contributed by atoms with van der Waals surface area (Å²) in [5.74, 6) is 0.536. The molecule has 1 unspecified atom stereocenters. The number of carbonyl (C=O) groups is 1. The fourth-order valence-electron chi connectivity index (χ4n) is 3.47. The van der Waals surface area contributed by atoms with Gasteiger partial charge >= 0.3 is 5.97 Å². The number of esters is 1. The number of ether oxygens (including phenoxy) is 1. The molecule has 0 bridgehead atoms. The molecular formula is C25H42O2. The minimum absolute atomic E-state index is 0.0115. The fourth-order valence-corrected chi connectivity index (χ4v) is 3.47. The van der Waals surface area contributed by atoms with Gasteiger partial charge < -0.3 is 4.74 Å². The number of carbonyl (C=O) groups excluding carboxylic acids is 1. The van der Waals surface area contributed by atoms with E-state index in [1.165, 1.54) is 83.5 Å². The topological polar surface area (TPSA) is 26.3 Å². The number of rotatable bonds is 17. The van der Waals surface area contributed by atoms with Gasteiger partial charge in [-0.25, -0.2) is 0 Å². The van der Waals surface area contributed by atoms with Gasteiger partial charge in [0.05, 0.1) is 5.92 Å². The molecule has 0 saturated heterocycles. The van der Waals surface area contributed by atoms with Gasteiger partial charge in [-0.2, -0.15) is 0 Å². The molecule has 1 atom stereocenters. The second-order valence-corrected chi connectivity index (χ2v) is 8.02. The number of hydrogen-bond acceptors (Lipinski definition) is 2. The van der Waals surface area contributed by atoms with Crippen LogP contribution in [0.1, 0.15) is 110 Å². The van der Waals surface area contributed by atoms with Crippen LogP contribution >= 0.6 is 0 Å². The third kappa shape index (κ3) is 13.5. The molecule has 154 valence electrons. The van der Waals surface area contributed by atoms with Crippen molar-refractivity contribution >= 4 is 5.97 Å². The lowest BCUT2D eigenvalue weighted by Crippen LogP contribution is -2.17. The van der Waals surface area contributed by atoms with E-state index in [0.29, 0.717) is 5.75 Å². The van der Waals surface area contributed by atoms with Gasteiger partial charge in [-0.3, -0.25) is 4.79 Å². The van der Waals surface area contributed by atoms with Crippen molar-refractivity contribution in [1.29, 1.82) is 0 Å². The van der Waals surface area contributed by atoms with E-state index in [9.17, 15) is 4.79 Å². The first-order chi connectivity index (χ1) is 13.2. The van der Waals surface area contributed by atoms with Gasteiger partial charge in [0.1, 0.15) is 5.75 Å². The van der Waals surface area contributed by atoms with Gasteiger partial charge in [-0.05, 0) is 18.6 Å². The molecule has 0 amide bonds. The highest BCUT2D eigenvalue weighted by atomic mass is 16.5. The molecule has 0 radical (unpaired) electrons. The minimum Gasteiger partial charge on any atom is -0.426 e. The maximum atomic E-state index is 12.1. The lowest BCUT2D eigenvalue weighted by atomic mass is 10.0. The Kier molecular flexibility index (Phi) is 14.8. The highest BCUT2D eigenvalue weighted by molar-refractivity contribution is 5.74. The summed E-state index contributed by atoms with van der Waals surface area (Å²) in [6.07, 6.45) is 20.0. The highest BCUT2D eigenvalue weighted by Crippen LogP contribution is 2.17. The van der Waals surface area contributed by atoms with Gasteiger partial charge in [0.25, 0.3) is 0 Å². The molecule has 2 heteroatoms. The van der Waals surface area contributed by atoms with E-state index in [2.05, 4.69) is 6.92 Å². The van der Waals surface area contributed by atoms with Crippen molar-refractivity contribution in [2.24, 2.45) is 5.92 Å². The van der Waals surface area contributed by atoms with Crippen molar-refractivity contribution in [3.63, 3.8) is 0 Å². The standard InChI is InChI=1S/C25H42O2/c1-3-4-5-6-7-8-9-10-11-12-13-14-15-17-20-23(2)25(26)27-24-21-18-16-19-22-24/h16,18-19,21-23H,3-15,17,20H2,1-2H3. The number of para-hydroxylation sites is 1. The molecule has 0 spiro atoms. The molecule has 1 aromatic rings. The van der Waals surface area contributed by atoms with Crippen LogP contribution < -0.4 is 4.74 Å². The van der Waals surface area contributed by atoms with Crippen LogP contribution in [0.4, 0.5) is 0 Å². The van der Waals surface area contributed by atoms with E-state index < -0.39 is 0 Å². The Bertz CT molecular complexity index is 455. The van der Waals surface area contributed by atoms with E-state index >= 15 is 0 Å². The maximum absolute atomic E-state index is 12.1. The molecule has 0 aliphatic carbocycles. The maximum Gasteiger partial charge on any atom is 0.314 e. The number of unbranched alkanes of at least 4 members (excludes halogenated alkanes) is 13. The molecular weight excluding hydrogens is 332 g/mol. The summed E-state index contributed by atoms with van der Waals surface area (Å²) in [5.41, 5.74) is 0. The molecule has 27 heavy (non-hydrogen) atoms. The van der Waals surface area contributed by atoms with E-state index in [4.69, 9.17) is 4.74 Å². The van der Waals surface area contributed by atoms with Gasteiger partial charge in [0.2, 0.25) is 0 Å². The second kappa shape index (κ2) is 16.8. The fraction of sp³-hybridized carbons (Fsp3) is 0.720. The van der Waals surface area contributed by atoms with Gasteiger partial charge in [0, 0.05) is 0 Å². The van der Waals surface area contributed by atoms with Crippen LogP contribution in [0.25, 0.3) is 0 Å². The van der Waals surface area contributed by atoms with Crippen molar-refractivity contribution in [2.45, 2.75) is 110 Å². The van der Waals surface area contributed by atoms with E-state index in [0.717, 1.165) is 12.8 Å². The zero-order valence-corrected chi connectivity index (χ0v) is 17.9. The summed E-state index contributed by atoms with van der Waals surface area (Å²) < 4.78 is 5.41. The molecule has 1 aromatic carbocycles. The molecule has 0 aliphatic heterocycles. The van der Waals surface area contributed by atoms with Crippen LogP contribution in [0.2, 0.25) is 0 Å². The van der Waals surface area contributed by atoms with Crippen molar-refractivity contribution in [1.82, 2.24) is 0 Å². The van der Waals surface area contributed by atoms with Crippen LogP contribution in [0.3, 0.4) is 0 Å². The highest BCUT2D eigenvalue weighted by Gasteiger charge is 2.14. The Morgan fingerprint density at radius 1 is 0.741 bits per heavy atom. The Labute approximate surface area is 168 Å². The summed E-state index contributed by atoms with van der Waals surface area (Å²) in [6.45, 7) is 4.26. The molecule has 1 rings (SSSR count). The van der Waals surface area contributed by atoms with Gasteiger partial charge in [-0.1, -0.05) is 122 Å². The van der Waals surface area contributed by atoms with Gasteiger partial charge in [-0.15, -0.1) is 0 Å². The molecule has 0 aliphatic rings. The van der Waals surface area contributed by atoms with E-state index in [-0.39, 0.29) is 11.9 Å². The Balaban J connectivity index is 1.86. The van der Waals surface area contributed by atoms with Crippen LogP contribution in [0, 0.1) is 5.92 Å². The van der Waals surface area contributed by atoms with Crippen molar-refractivity contribution in [2.75, 3.05) is 0 Å². The SMILES string of the molecule is CCCCCCCCCCCCCCCCC(C)C(=O)Oc1ccccc1. The molecule has 0 saturated carbocycles. The van der Waals surface area contributed by atoms with Gasteiger partial charge in [0.15, 0.2) is 0 Å². The molecule has 2 nitrogen and oxygen atoms in total. The summed E-state index contributed by atoms with van der Waals surface area (Å²) in [6, 6.07) is 9.37. The summed E-state index contributed by atoms with van der Waals surface area (Å²) in [4.78, 5) is 12.1. The first-order valence-corrected chi connectivity index (χ1v) is 11.5. The van der Waals surface area contributed by atoms with Crippen molar-refractivity contribution in [3.8, 4) is 5.75 Å². The minimum atomic E-state index is -0.101. The van der Waals surface area contributed by atoms with Crippen molar-refractivity contribution < 1.29 is 9.53 Å². The average Bonchev–Trinajstić information content (AvgIpc) is 2.68. The molecule has 0 N–H and O–H groups in total. The Morgan fingerprint density at radius 2 is 1.19 bits per heavy atom. The lowest BCUT2D eigenvalue weighted by Gasteiger charge is -2.11. The first kappa shape index (κ1) is 23.7. The predicted octanol–water partition coefficient (Wildman–Crippen LogP) is 8.10. The van der Waals surface area contributed by atoms with Crippen molar-refractivity contribution in [3.05, 3.63) is 30.3 Å². The van der Waals surface area contributed by atoms with Crippen LogP contribution in [0.15, 0.2) is 30.3 Å². The molecule has 0 fully saturated rings. The van der Waals surface area contributed by atoms with Crippen LogP contribution in [0.5, 0.6) is 5.75 Å². The second-order valence-electron chi connectivity index (χ2n) is 8.02. The number of benzene rings is 1. The summed E-state index contributed by atoms with van der Waals surface area (Å²) in [5, 5.41) is 0. The zero-order valence-electron chi connectivity index (χ0n) is 17.9. The lowest BCUT2D eigenvalue weighted by molar-refractivity contribution is -0.138. The smallest absolute Gasteiger partial charge is 0.314 e. The third-order valence-electron chi connectivity index (χ3n) is 5.35. The Morgan fingerprint density at radius 3 is 1.67 bits per heavy atom. The molecule has 0 aromatic heterocycles. The monoisotopic (exact) mass is 374 g/mol. The van der Waals surface area contributed by atoms with E-state index in [1.54, 1.807) is 0 Å². The quantitative estimate of drug-likeness (QED) is 0.156. The largest absolute Gasteiger partial charge is 0.426 e. The van der Waals surface area contributed by atoms with Crippen LogP contribution in [-0.2, 0) is 4.79 Å². The summed E-state index contributed by atoms with van der Waals surface area (Å²) in [7, 11) is 0. The first-order valence-electron chi connectivity index (χ1n) is 11.5. The predicted molar refractivity (Wildman–Crippen MR) is 116 cm³/mol. The number of hydrogen-bond donors (Lipinski definition) is 0. The zero-order chi connectivity index (χ0) is 19.6. The normalized spacial score (nSPS) is 12.1. The average molecular weight is 375 g/mol. The summed E-state index contributed by atoms with van der Waals surface area (Å²) >= 11 is 0.